The molecule has 0 spiro atoms. The number of anilines is 1. The Labute approximate surface area is 499 Å². The first-order chi connectivity index (χ1) is 40.1. The average Bonchev–Trinajstić information content (AvgIpc) is 3.25. The van der Waals surface area contributed by atoms with Crippen LogP contribution in [-0.4, -0.2) is 142 Å². The number of nitrogen functional groups attached to an aromatic ring is 1. The molecule has 22 heteroatoms. The van der Waals surface area contributed by atoms with Gasteiger partial charge >= 0.3 is 6.03 Å². The van der Waals surface area contributed by atoms with Crippen LogP contribution in [0.4, 0.5) is 15.0 Å². The van der Waals surface area contributed by atoms with Gasteiger partial charge in [0.1, 0.15) is 40.7 Å². The molecule has 3 aliphatic heterocycles. The maximum atomic E-state index is 15.5. The van der Waals surface area contributed by atoms with Gasteiger partial charge in [-0.2, -0.15) is 10.4 Å². The Bertz CT molecular complexity index is 3470. The maximum Gasteiger partial charge on any atom is 0.326 e. The molecule has 19 nitrogen and oxygen atoms in total. The number of nitriles is 1. The van der Waals surface area contributed by atoms with E-state index >= 15 is 4.79 Å². The lowest BCUT2D eigenvalue weighted by atomic mass is 9.71. The van der Waals surface area contributed by atoms with Gasteiger partial charge in [-0.3, -0.25) is 29.1 Å². The molecule has 0 radical (unpaired) electrons. The van der Waals surface area contributed by atoms with Gasteiger partial charge in [0, 0.05) is 73.9 Å². The summed E-state index contributed by atoms with van der Waals surface area (Å²) in [5, 5.41) is 18.8. The minimum atomic E-state index is -1.05. The van der Waals surface area contributed by atoms with Crippen molar-refractivity contribution in [2.45, 2.75) is 90.6 Å². The van der Waals surface area contributed by atoms with Crippen LogP contribution >= 0.6 is 23.2 Å². The highest BCUT2D eigenvalue weighted by atomic mass is 35.5. The largest absolute Gasteiger partial charge is 0.493 e. The maximum absolute atomic E-state index is 15.5. The average molecular weight is 1190 g/mol. The highest BCUT2D eigenvalue weighted by Crippen LogP contribution is 2.54. The molecule has 3 N–H and O–H groups in total. The minimum absolute atomic E-state index is 0.0166. The van der Waals surface area contributed by atoms with Crippen LogP contribution in [0, 0.1) is 17.1 Å². The summed E-state index contributed by atoms with van der Waals surface area (Å²) in [6.45, 7) is 19.0. The zero-order chi connectivity index (χ0) is 60.1. The monoisotopic (exact) mass is 1180 g/mol. The Balaban J connectivity index is 0.777. The third-order valence-corrected chi connectivity index (χ3v) is 16.4. The Morgan fingerprint density at radius 1 is 0.905 bits per heavy atom. The zero-order valence-electron chi connectivity index (χ0n) is 48.7. The number of amides is 4. The molecule has 4 amide bonds. The smallest absolute Gasteiger partial charge is 0.326 e. The fraction of sp³-hybridized carbons (Fsp3) is 0.419. The van der Waals surface area contributed by atoms with Gasteiger partial charge in [0.25, 0.3) is 11.8 Å². The molecule has 4 aromatic carbocycles. The second kappa shape index (κ2) is 25.7. The van der Waals surface area contributed by atoms with Crippen molar-refractivity contribution in [1.29, 1.82) is 5.26 Å². The molecular formula is C62H71Cl2FN12O7. The van der Waals surface area contributed by atoms with E-state index in [1.54, 1.807) is 18.7 Å². The number of amidine groups is 1. The normalized spacial score (nSPS) is 19.1. The third kappa shape index (κ3) is 12.7. The van der Waals surface area contributed by atoms with E-state index in [9.17, 15) is 19.2 Å². The topological polar surface area (TPSA) is 219 Å². The number of urea groups is 1. The predicted octanol–water partition coefficient (Wildman–Crippen LogP) is 9.53. The first-order valence-electron chi connectivity index (χ1n) is 28.1. The van der Waals surface area contributed by atoms with Gasteiger partial charge in [-0.15, -0.1) is 0 Å². The molecular weight excluding hydrogens is 1110 g/mol. The summed E-state index contributed by atoms with van der Waals surface area (Å²) in [5.41, 5.74) is 9.05. The van der Waals surface area contributed by atoms with Gasteiger partial charge < -0.3 is 39.8 Å². The van der Waals surface area contributed by atoms with Crippen LogP contribution in [0.3, 0.4) is 0 Å². The summed E-state index contributed by atoms with van der Waals surface area (Å²) in [6, 6.07) is 27.3. The molecule has 1 fully saturated rings. The van der Waals surface area contributed by atoms with Gasteiger partial charge in [-0.25, -0.2) is 19.2 Å². The van der Waals surface area contributed by atoms with Crippen molar-refractivity contribution in [3.63, 3.8) is 0 Å². The van der Waals surface area contributed by atoms with E-state index in [0.29, 0.717) is 96.6 Å². The molecule has 442 valence electrons. The SMILES string of the molecule is CCOc1cc(C(C)(C)C)ccc1C1=N[C@](C)(c2ccc(Cl)cc2)[C@](C)(c2ccc(Cl)cc2)N1C(=O)N1CCN(CCOCCOCCC(=O)NCCn2nc(C#N)c3c2CN(C)C(=O)c2ccc(F)cc2[C@@H](C)Oc2nc-3cnc2N)CC1. The first kappa shape index (κ1) is 60.9. The molecule has 0 unspecified atom stereocenters. The molecule has 3 aliphatic rings. The van der Waals surface area contributed by atoms with Crippen molar-refractivity contribution >= 4 is 52.7 Å². The van der Waals surface area contributed by atoms with Gasteiger partial charge in [0.15, 0.2) is 11.5 Å². The third-order valence-electron chi connectivity index (χ3n) is 15.9. The lowest BCUT2D eigenvalue weighted by Crippen LogP contribution is -2.60. The number of nitrogens with zero attached hydrogens (tertiary/aromatic N) is 10. The number of hydrogen-bond donors (Lipinski definition) is 2. The van der Waals surface area contributed by atoms with Gasteiger partial charge in [0.2, 0.25) is 5.91 Å². The second-order valence-corrected chi connectivity index (χ2v) is 23.2. The summed E-state index contributed by atoms with van der Waals surface area (Å²) >= 11 is 13.0. The Kier molecular flexibility index (Phi) is 18.6. The van der Waals surface area contributed by atoms with Crippen molar-refractivity contribution < 1.29 is 37.7 Å². The lowest BCUT2D eigenvalue weighted by molar-refractivity contribution is -0.122. The number of carbonyl (C=O) groups is 3. The van der Waals surface area contributed by atoms with Crippen LogP contribution in [0.5, 0.6) is 11.6 Å². The summed E-state index contributed by atoms with van der Waals surface area (Å²) < 4.78 is 40.2. The van der Waals surface area contributed by atoms with E-state index in [2.05, 4.69) is 78.1 Å². The summed E-state index contributed by atoms with van der Waals surface area (Å²) in [5.74, 6) is -0.157. The second-order valence-electron chi connectivity index (χ2n) is 22.4. The molecule has 2 bridgehead atoms. The Hall–Kier alpha value is -7.67. The first-order valence-corrected chi connectivity index (χ1v) is 28.9. The van der Waals surface area contributed by atoms with Crippen molar-refractivity contribution in [3.8, 4) is 29.0 Å². The number of aliphatic imine (C=N–C) groups is 1. The molecule has 3 atom stereocenters. The highest BCUT2D eigenvalue weighted by Gasteiger charge is 2.60. The van der Waals surface area contributed by atoms with Crippen LogP contribution in [0.15, 0.2) is 96.1 Å². The lowest BCUT2D eigenvalue weighted by Gasteiger charge is -2.47. The standard InChI is InChI=1S/C62H71Cl2FN12O7/c1-9-83-52-34-42(60(3,4)5)14-20-47(52)56-71-61(6,40-10-15-43(63)16-11-40)62(7,41-12-17-44(64)18-13-41)77(56)59(80)75-27-25-74(26-28-75)29-31-82-33-32-81-30-22-53(78)68-23-24-76-51-38-73(8)58(79)46-21-19-45(65)35-48(46)39(2)84-57-55(67)69-37-50(70-57)54(51)49(36-66)72-76/h10-21,34-35,37,39H,9,22-33,38H2,1-8H3,(H2,67,69)(H,68,78)/t39-,61-,62+/m1/s1. The number of hydrogen-bond acceptors (Lipinski definition) is 14. The van der Waals surface area contributed by atoms with Gasteiger partial charge in [-0.05, 0) is 104 Å². The van der Waals surface area contributed by atoms with Crippen LogP contribution < -0.4 is 20.5 Å². The number of ether oxygens (including phenoxy) is 4. The molecule has 6 aromatic rings. The number of carbonyl (C=O) groups excluding carboxylic acids is 3. The zero-order valence-corrected chi connectivity index (χ0v) is 50.2. The molecule has 1 saturated heterocycles. The molecule has 0 saturated carbocycles. The van der Waals surface area contributed by atoms with Crippen molar-refractivity contribution in [2.24, 2.45) is 4.99 Å². The fourth-order valence-corrected chi connectivity index (χ4v) is 11.2. The number of nitrogens with one attached hydrogen (secondary N) is 1. The molecule has 0 aliphatic carbocycles. The Morgan fingerprint density at radius 3 is 2.24 bits per heavy atom. The van der Waals surface area contributed by atoms with Crippen LogP contribution in [0.25, 0.3) is 11.3 Å². The van der Waals surface area contributed by atoms with Crippen molar-refractivity contribution in [3.05, 3.63) is 152 Å². The van der Waals surface area contributed by atoms with Crippen molar-refractivity contribution in [1.82, 2.24) is 44.7 Å². The predicted molar refractivity (Wildman–Crippen MR) is 319 cm³/mol. The van der Waals surface area contributed by atoms with E-state index in [0.717, 1.165) is 16.7 Å². The number of benzene rings is 4. The number of halogens is 3. The fourth-order valence-electron chi connectivity index (χ4n) is 11.0. The number of aromatic nitrogens is 4. The molecule has 84 heavy (non-hydrogen) atoms. The van der Waals surface area contributed by atoms with E-state index in [4.69, 9.17) is 52.9 Å². The Morgan fingerprint density at radius 2 is 1.57 bits per heavy atom. The van der Waals surface area contributed by atoms with Gasteiger partial charge in [0.05, 0.1) is 74.8 Å². The number of fused-ring (bicyclic) bond motifs is 5. The van der Waals surface area contributed by atoms with E-state index < -0.39 is 28.9 Å². The summed E-state index contributed by atoms with van der Waals surface area (Å²) in [6.07, 6.45) is 0.648. The summed E-state index contributed by atoms with van der Waals surface area (Å²) in [4.78, 5) is 64.3. The number of nitrogens with two attached hydrogens (primary N) is 1. The van der Waals surface area contributed by atoms with E-state index in [-0.39, 0.29) is 85.3 Å². The van der Waals surface area contributed by atoms with Crippen LogP contribution in [-0.2, 0) is 43.9 Å². The number of rotatable bonds is 17. The highest BCUT2D eigenvalue weighted by molar-refractivity contribution is 6.30. The molecule has 5 heterocycles. The van der Waals surface area contributed by atoms with Crippen molar-refractivity contribution in [2.75, 3.05) is 85.1 Å². The van der Waals surface area contributed by atoms with Crippen LogP contribution in [0.1, 0.15) is 111 Å². The molecule has 9 rings (SSSR count). The van der Waals surface area contributed by atoms with Gasteiger partial charge in [-0.1, -0.05) is 74.3 Å². The van der Waals surface area contributed by atoms with E-state index in [1.807, 2.05) is 71.3 Å². The quantitative estimate of drug-likeness (QED) is 0.0814. The minimum Gasteiger partial charge on any atom is -0.493 e. The van der Waals surface area contributed by atoms with E-state index in [1.165, 1.54) is 29.3 Å². The molecule has 2 aromatic heterocycles. The number of piperazine rings is 1. The summed E-state index contributed by atoms with van der Waals surface area (Å²) in [7, 11) is 1.59. The van der Waals surface area contributed by atoms with Crippen LogP contribution in [0.2, 0.25) is 10.0 Å².